The third kappa shape index (κ3) is 4.31. The molecule has 0 fully saturated rings. The van der Waals surface area contributed by atoms with E-state index < -0.39 is 0 Å². The Kier molecular flexibility index (Phi) is 6.82. The summed E-state index contributed by atoms with van der Waals surface area (Å²) in [4.78, 5) is 0. The van der Waals surface area contributed by atoms with Crippen LogP contribution in [0.3, 0.4) is 0 Å². The summed E-state index contributed by atoms with van der Waals surface area (Å²) >= 11 is 0. The lowest BCUT2D eigenvalue weighted by Crippen LogP contribution is -2.11. The summed E-state index contributed by atoms with van der Waals surface area (Å²) in [6.45, 7) is 12.2. The van der Waals surface area contributed by atoms with Crippen molar-refractivity contribution in [2.24, 2.45) is 0 Å². The predicted octanol–water partition coefficient (Wildman–Crippen LogP) is 6.79. The SMILES string of the molecule is C=C(C)/C(CCCC)=C1\C(=C/C)OCCCOc2ccc3c(c21)CCCC3. The molecule has 0 aromatic heterocycles. The van der Waals surface area contributed by atoms with Gasteiger partial charge in [0.2, 0.25) is 0 Å². The summed E-state index contributed by atoms with van der Waals surface area (Å²) in [5.41, 5.74) is 7.92. The van der Waals surface area contributed by atoms with Gasteiger partial charge in [-0.3, -0.25) is 0 Å². The van der Waals surface area contributed by atoms with Crippen molar-refractivity contribution in [2.45, 2.75) is 72.1 Å². The maximum atomic E-state index is 6.27. The molecule has 1 aromatic rings. The zero-order valence-electron chi connectivity index (χ0n) is 17.3. The molecule has 146 valence electrons. The van der Waals surface area contributed by atoms with Crippen molar-refractivity contribution < 1.29 is 9.47 Å². The molecule has 1 aliphatic carbocycles. The first-order chi connectivity index (χ1) is 13.2. The average molecular weight is 367 g/mol. The maximum Gasteiger partial charge on any atom is 0.127 e. The van der Waals surface area contributed by atoms with Gasteiger partial charge in [0.1, 0.15) is 11.5 Å². The topological polar surface area (TPSA) is 18.5 Å². The Balaban J connectivity index is 2.31. The van der Waals surface area contributed by atoms with Gasteiger partial charge in [0.15, 0.2) is 0 Å². The highest BCUT2D eigenvalue weighted by molar-refractivity contribution is 5.87. The van der Waals surface area contributed by atoms with Gasteiger partial charge in [0.05, 0.1) is 13.2 Å². The molecule has 0 N–H and O–H groups in total. The highest BCUT2D eigenvalue weighted by atomic mass is 16.5. The molecule has 3 rings (SSSR count). The molecule has 0 unspecified atom stereocenters. The number of rotatable bonds is 4. The minimum Gasteiger partial charge on any atom is -0.493 e. The molecule has 0 bridgehead atoms. The van der Waals surface area contributed by atoms with E-state index in [9.17, 15) is 0 Å². The first kappa shape index (κ1) is 19.8. The standard InChI is InChI=1S/C25H34O2/c1-5-7-12-20(18(3)4)24-22(6-2)26-16-10-17-27-23-15-14-19-11-8-9-13-21(19)25(23)24/h6,14-15H,3,5,7-13,16-17H2,1-2,4H3/b22-6+,24-20+. The van der Waals surface area contributed by atoms with Crippen LogP contribution < -0.4 is 4.74 Å². The van der Waals surface area contributed by atoms with Gasteiger partial charge in [-0.1, -0.05) is 31.6 Å². The van der Waals surface area contributed by atoms with Gasteiger partial charge < -0.3 is 9.47 Å². The van der Waals surface area contributed by atoms with E-state index in [4.69, 9.17) is 9.47 Å². The van der Waals surface area contributed by atoms with Gasteiger partial charge in [-0.25, -0.2) is 0 Å². The van der Waals surface area contributed by atoms with Crippen molar-refractivity contribution in [1.82, 2.24) is 0 Å². The van der Waals surface area contributed by atoms with Crippen LogP contribution in [0.5, 0.6) is 5.75 Å². The van der Waals surface area contributed by atoms with E-state index in [0.29, 0.717) is 13.2 Å². The number of unbranched alkanes of at least 4 members (excludes halogenated alkanes) is 1. The zero-order chi connectivity index (χ0) is 19.2. The van der Waals surface area contributed by atoms with Crippen molar-refractivity contribution >= 4 is 5.57 Å². The molecular formula is C25H34O2. The number of fused-ring (bicyclic) bond motifs is 3. The van der Waals surface area contributed by atoms with Gasteiger partial charge >= 0.3 is 0 Å². The van der Waals surface area contributed by atoms with Crippen molar-refractivity contribution in [3.8, 4) is 5.75 Å². The van der Waals surface area contributed by atoms with Crippen molar-refractivity contribution in [2.75, 3.05) is 13.2 Å². The minimum atomic E-state index is 0.691. The molecule has 2 nitrogen and oxygen atoms in total. The van der Waals surface area contributed by atoms with Crippen LogP contribution in [0.2, 0.25) is 0 Å². The summed E-state index contributed by atoms with van der Waals surface area (Å²) in [5.74, 6) is 2.01. The lowest BCUT2D eigenvalue weighted by atomic mass is 9.81. The Morgan fingerprint density at radius 3 is 2.63 bits per heavy atom. The van der Waals surface area contributed by atoms with E-state index in [1.807, 2.05) is 0 Å². The number of allylic oxidation sites excluding steroid dienone is 4. The second-order valence-corrected chi connectivity index (χ2v) is 7.72. The molecule has 0 spiro atoms. The van der Waals surface area contributed by atoms with E-state index >= 15 is 0 Å². The van der Waals surface area contributed by atoms with E-state index in [0.717, 1.165) is 42.8 Å². The van der Waals surface area contributed by atoms with Crippen molar-refractivity contribution in [3.63, 3.8) is 0 Å². The van der Waals surface area contributed by atoms with Gasteiger partial charge in [0.25, 0.3) is 0 Å². The summed E-state index contributed by atoms with van der Waals surface area (Å²) < 4.78 is 12.5. The number of ether oxygens (including phenoxy) is 2. The largest absolute Gasteiger partial charge is 0.493 e. The average Bonchev–Trinajstić information content (AvgIpc) is 2.77. The van der Waals surface area contributed by atoms with Crippen molar-refractivity contribution in [1.29, 1.82) is 0 Å². The zero-order valence-corrected chi connectivity index (χ0v) is 17.3. The molecule has 1 aromatic carbocycles. The highest BCUT2D eigenvalue weighted by Gasteiger charge is 2.26. The fourth-order valence-electron chi connectivity index (χ4n) is 4.25. The number of benzene rings is 1. The lowest BCUT2D eigenvalue weighted by Gasteiger charge is -2.26. The molecule has 1 heterocycles. The highest BCUT2D eigenvalue weighted by Crippen LogP contribution is 2.43. The minimum absolute atomic E-state index is 0.691. The van der Waals surface area contributed by atoms with Gasteiger partial charge in [-0.2, -0.15) is 0 Å². The Bertz CT molecular complexity index is 752. The normalized spacial score (nSPS) is 20.3. The molecule has 27 heavy (non-hydrogen) atoms. The molecule has 0 atom stereocenters. The smallest absolute Gasteiger partial charge is 0.127 e. The van der Waals surface area contributed by atoms with Crippen LogP contribution in [0.1, 0.15) is 76.0 Å². The number of hydrogen-bond donors (Lipinski definition) is 0. The molecule has 2 heteroatoms. The fraction of sp³-hybridized carbons (Fsp3) is 0.520. The first-order valence-electron chi connectivity index (χ1n) is 10.6. The van der Waals surface area contributed by atoms with Crippen LogP contribution in [0.4, 0.5) is 0 Å². The van der Waals surface area contributed by atoms with Crippen LogP contribution in [-0.4, -0.2) is 13.2 Å². The molecule has 0 radical (unpaired) electrons. The molecule has 0 amide bonds. The molecule has 0 saturated heterocycles. The van der Waals surface area contributed by atoms with Crippen LogP contribution in [0.25, 0.3) is 5.57 Å². The van der Waals surface area contributed by atoms with E-state index in [1.165, 1.54) is 53.5 Å². The summed E-state index contributed by atoms with van der Waals surface area (Å²) in [6, 6.07) is 4.47. The molecule has 0 saturated carbocycles. The second kappa shape index (κ2) is 9.30. The molecular weight excluding hydrogens is 332 g/mol. The van der Waals surface area contributed by atoms with Crippen LogP contribution in [-0.2, 0) is 17.6 Å². The Morgan fingerprint density at radius 2 is 1.89 bits per heavy atom. The maximum absolute atomic E-state index is 6.27. The third-order valence-corrected chi connectivity index (χ3v) is 5.65. The van der Waals surface area contributed by atoms with Gasteiger partial charge in [0, 0.05) is 17.6 Å². The van der Waals surface area contributed by atoms with Crippen molar-refractivity contribution in [3.05, 3.63) is 58.4 Å². The second-order valence-electron chi connectivity index (χ2n) is 7.72. The van der Waals surface area contributed by atoms with E-state index in [2.05, 4.69) is 45.6 Å². The fourth-order valence-corrected chi connectivity index (χ4v) is 4.25. The Morgan fingerprint density at radius 1 is 1.11 bits per heavy atom. The van der Waals surface area contributed by atoms with Crippen LogP contribution in [0, 0.1) is 0 Å². The van der Waals surface area contributed by atoms with E-state index in [-0.39, 0.29) is 0 Å². The van der Waals surface area contributed by atoms with Gasteiger partial charge in [-0.15, -0.1) is 0 Å². The van der Waals surface area contributed by atoms with Crippen LogP contribution >= 0.6 is 0 Å². The third-order valence-electron chi connectivity index (χ3n) is 5.65. The summed E-state index contributed by atoms with van der Waals surface area (Å²) in [7, 11) is 0. The first-order valence-corrected chi connectivity index (χ1v) is 10.6. The van der Waals surface area contributed by atoms with Gasteiger partial charge in [-0.05, 0) is 81.2 Å². The molecule has 2 aliphatic rings. The van der Waals surface area contributed by atoms with E-state index in [1.54, 1.807) is 0 Å². The lowest BCUT2D eigenvalue weighted by molar-refractivity contribution is 0.197. The Hall–Kier alpha value is -1.96. The quantitative estimate of drug-likeness (QED) is 0.584. The predicted molar refractivity (Wildman–Crippen MR) is 114 cm³/mol. The number of hydrogen-bond acceptors (Lipinski definition) is 2. The number of aryl methyl sites for hydroxylation is 1. The van der Waals surface area contributed by atoms with Crippen LogP contribution in [0.15, 0.2) is 41.7 Å². The Labute approximate surface area is 165 Å². The monoisotopic (exact) mass is 366 g/mol. The molecule has 1 aliphatic heterocycles. The summed E-state index contributed by atoms with van der Waals surface area (Å²) in [6.07, 6.45) is 11.2. The summed E-state index contributed by atoms with van der Waals surface area (Å²) in [5, 5.41) is 0.